The van der Waals surface area contributed by atoms with E-state index in [1.807, 2.05) is 18.2 Å². The molecule has 0 aliphatic carbocycles. The summed E-state index contributed by atoms with van der Waals surface area (Å²) in [6.45, 7) is 0.690. The van der Waals surface area contributed by atoms with Crippen LogP contribution in [0.3, 0.4) is 0 Å². The number of nitrogens with two attached hydrogens (primary N) is 2. The molecule has 98 valence electrons. The average molecular weight is 255 g/mol. The van der Waals surface area contributed by atoms with Gasteiger partial charge in [0.1, 0.15) is 5.75 Å². The van der Waals surface area contributed by atoms with Crippen molar-refractivity contribution in [3.05, 3.63) is 53.9 Å². The molecule has 2 atom stereocenters. The minimum atomic E-state index is -0.154. The van der Waals surface area contributed by atoms with Gasteiger partial charge in [0.25, 0.3) is 0 Å². The number of pyridine rings is 1. The molecule has 19 heavy (non-hydrogen) atoms. The molecule has 4 N–H and O–H groups in total. The highest BCUT2D eigenvalue weighted by atomic mass is 16.5. The number of benzene rings is 1. The first kappa shape index (κ1) is 12.0. The van der Waals surface area contributed by atoms with Crippen molar-refractivity contribution in [3.8, 4) is 5.75 Å². The van der Waals surface area contributed by atoms with E-state index >= 15 is 0 Å². The first-order valence-electron chi connectivity index (χ1n) is 6.44. The normalized spacial score (nSPS) is 19.3. The number of para-hydroxylation sites is 1. The summed E-state index contributed by atoms with van der Waals surface area (Å²) in [6.07, 6.45) is 4.34. The van der Waals surface area contributed by atoms with E-state index in [0.29, 0.717) is 12.3 Å². The molecule has 2 unspecified atom stereocenters. The number of nitrogen functional groups attached to an aromatic ring is 1. The molecule has 1 aliphatic rings. The maximum atomic E-state index is 6.41. The summed E-state index contributed by atoms with van der Waals surface area (Å²) in [5.41, 5.74) is 15.2. The van der Waals surface area contributed by atoms with E-state index in [2.05, 4.69) is 11.1 Å². The molecule has 0 bridgehead atoms. The second-order valence-electron chi connectivity index (χ2n) is 4.81. The number of ether oxygens (including phenoxy) is 1. The Hall–Kier alpha value is -2.07. The Morgan fingerprint density at radius 2 is 2.11 bits per heavy atom. The molecule has 3 rings (SSSR count). The van der Waals surface area contributed by atoms with Crippen LogP contribution in [-0.2, 0) is 0 Å². The zero-order chi connectivity index (χ0) is 13.2. The molecule has 0 saturated heterocycles. The van der Waals surface area contributed by atoms with Crippen molar-refractivity contribution in [2.45, 2.75) is 18.4 Å². The molecule has 0 fully saturated rings. The summed E-state index contributed by atoms with van der Waals surface area (Å²) in [5, 5.41) is 0. The van der Waals surface area contributed by atoms with Gasteiger partial charge in [0.05, 0.1) is 6.61 Å². The van der Waals surface area contributed by atoms with E-state index in [1.54, 1.807) is 18.5 Å². The maximum absolute atomic E-state index is 6.41. The molecule has 0 radical (unpaired) electrons. The Kier molecular flexibility index (Phi) is 3.09. The summed E-state index contributed by atoms with van der Waals surface area (Å²) in [5.74, 6) is 1.15. The molecule has 2 aromatic rings. The minimum Gasteiger partial charge on any atom is -0.493 e. The first-order valence-corrected chi connectivity index (χ1v) is 6.44. The molecule has 0 saturated carbocycles. The summed E-state index contributed by atoms with van der Waals surface area (Å²) in [6, 6.07) is 9.69. The first-order chi connectivity index (χ1) is 9.27. The topological polar surface area (TPSA) is 74.2 Å². The van der Waals surface area contributed by atoms with Gasteiger partial charge in [0.2, 0.25) is 0 Å². The fraction of sp³-hybridized carbons (Fsp3) is 0.267. The van der Waals surface area contributed by atoms with E-state index in [9.17, 15) is 0 Å². The van der Waals surface area contributed by atoms with Crippen molar-refractivity contribution < 1.29 is 4.74 Å². The third-order valence-corrected chi connectivity index (χ3v) is 3.68. The number of hydrogen-bond acceptors (Lipinski definition) is 4. The smallest absolute Gasteiger partial charge is 0.122 e. The van der Waals surface area contributed by atoms with Crippen LogP contribution in [0.5, 0.6) is 5.75 Å². The van der Waals surface area contributed by atoms with Gasteiger partial charge in [0.15, 0.2) is 0 Å². The van der Waals surface area contributed by atoms with Gasteiger partial charge in [-0.15, -0.1) is 0 Å². The van der Waals surface area contributed by atoms with Crippen LogP contribution in [0.1, 0.15) is 29.5 Å². The molecule has 4 heteroatoms. The van der Waals surface area contributed by atoms with Crippen molar-refractivity contribution in [3.63, 3.8) is 0 Å². The van der Waals surface area contributed by atoms with E-state index in [0.717, 1.165) is 23.3 Å². The molecular weight excluding hydrogens is 238 g/mol. The predicted octanol–water partition coefficient (Wildman–Crippen LogP) is 2.23. The number of rotatable bonds is 2. The van der Waals surface area contributed by atoms with Gasteiger partial charge in [-0.05, 0) is 24.1 Å². The van der Waals surface area contributed by atoms with Gasteiger partial charge < -0.3 is 16.2 Å². The second-order valence-corrected chi connectivity index (χ2v) is 4.81. The summed E-state index contributed by atoms with van der Waals surface area (Å²) in [7, 11) is 0. The molecule has 0 amide bonds. The van der Waals surface area contributed by atoms with Crippen LogP contribution in [0, 0.1) is 0 Å². The van der Waals surface area contributed by atoms with E-state index in [-0.39, 0.29) is 12.0 Å². The molecule has 1 aromatic carbocycles. The zero-order valence-corrected chi connectivity index (χ0v) is 10.6. The Labute approximate surface area is 112 Å². The summed E-state index contributed by atoms with van der Waals surface area (Å²) < 4.78 is 5.67. The highest BCUT2D eigenvalue weighted by molar-refractivity contribution is 5.49. The average Bonchev–Trinajstić information content (AvgIpc) is 2.46. The maximum Gasteiger partial charge on any atom is 0.122 e. The van der Waals surface area contributed by atoms with Gasteiger partial charge in [-0.1, -0.05) is 18.2 Å². The Morgan fingerprint density at radius 1 is 1.26 bits per heavy atom. The Balaban J connectivity index is 1.98. The van der Waals surface area contributed by atoms with Crippen molar-refractivity contribution in [1.82, 2.24) is 4.98 Å². The standard InChI is InChI=1S/C15H17N3O/c16-13-5-7-18-9-12(13)15(17)11-6-8-19-14-4-2-1-3-10(11)14/h1-5,7,9,11,15H,6,8,17H2,(H2,16,18). The van der Waals surface area contributed by atoms with Gasteiger partial charge in [-0.3, -0.25) is 4.98 Å². The third-order valence-electron chi connectivity index (χ3n) is 3.68. The van der Waals surface area contributed by atoms with Gasteiger partial charge >= 0.3 is 0 Å². The van der Waals surface area contributed by atoms with Crippen LogP contribution in [0.4, 0.5) is 5.69 Å². The van der Waals surface area contributed by atoms with Crippen molar-refractivity contribution in [1.29, 1.82) is 0 Å². The van der Waals surface area contributed by atoms with Crippen molar-refractivity contribution in [2.75, 3.05) is 12.3 Å². The fourth-order valence-electron chi connectivity index (χ4n) is 2.66. The van der Waals surface area contributed by atoms with Crippen molar-refractivity contribution >= 4 is 5.69 Å². The quantitative estimate of drug-likeness (QED) is 0.863. The molecule has 1 aliphatic heterocycles. The molecule has 4 nitrogen and oxygen atoms in total. The molecule has 2 heterocycles. The van der Waals surface area contributed by atoms with E-state index < -0.39 is 0 Å². The second kappa shape index (κ2) is 4.90. The molecule has 1 aromatic heterocycles. The van der Waals surface area contributed by atoms with E-state index in [1.165, 1.54) is 0 Å². The molecule has 0 spiro atoms. The van der Waals surface area contributed by atoms with Gasteiger partial charge in [-0.25, -0.2) is 0 Å². The van der Waals surface area contributed by atoms with Gasteiger partial charge in [-0.2, -0.15) is 0 Å². The zero-order valence-electron chi connectivity index (χ0n) is 10.6. The lowest BCUT2D eigenvalue weighted by Gasteiger charge is -2.30. The van der Waals surface area contributed by atoms with E-state index in [4.69, 9.17) is 16.2 Å². The number of hydrogen-bond donors (Lipinski definition) is 2. The van der Waals surface area contributed by atoms with Crippen LogP contribution in [0.15, 0.2) is 42.7 Å². The third kappa shape index (κ3) is 2.15. The van der Waals surface area contributed by atoms with Crippen molar-refractivity contribution in [2.24, 2.45) is 5.73 Å². The Morgan fingerprint density at radius 3 is 2.95 bits per heavy atom. The van der Waals surface area contributed by atoms with Crippen LogP contribution in [0.2, 0.25) is 0 Å². The monoisotopic (exact) mass is 255 g/mol. The Bertz CT molecular complexity index is 585. The number of nitrogens with zero attached hydrogens (tertiary/aromatic N) is 1. The lowest BCUT2D eigenvalue weighted by Crippen LogP contribution is -2.26. The van der Waals surface area contributed by atoms with Crippen LogP contribution < -0.4 is 16.2 Å². The lowest BCUT2D eigenvalue weighted by atomic mass is 9.84. The largest absolute Gasteiger partial charge is 0.493 e. The number of aromatic nitrogens is 1. The SMILES string of the molecule is Nc1ccncc1C(N)C1CCOc2ccccc21. The summed E-state index contributed by atoms with van der Waals surface area (Å²) in [4.78, 5) is 4.13. The lowest BCUT2D eigenvalue weighted by molar-refractivity contribution is 0.256. The highest BCUT2D eigenvalue weighted by Gasteiger charge is 2.28. The molecular formula is C15H17N3O. The van der Waals surface area contributed by atoms with Crippen LogP contribution in [-0.4, -0.2) is 11.6 Å². The summed E-state index contributed by atoms with van der Waals surface area (Å²) >= 11 is 0. The number of fused-ring (bicyclic) bond motifs is 1. The van der Waals surface area contributed by atoms with Gasteiger partial charge in [0, 0.05) is 35.6 Å². The fourth-order valence-corrected chi connectivity index (χ4v) is 2.66. The number of anilines is 1. The predicted molar refractivity (Wildman–Crippen MR) is 74.9 cm³/mol. The highest BCUT2D eigenvalue weighted by Crippen LogP contribution is 2.40. The minimum absolute atomic E-state index is 0.154. The van der Waals surface area contributed by atoms with Crippen LogP contribution >= 0.6 is 0 Å². The van der Waals surface area contributed by atoms with Crippen LogP contribution in [0.25, 0.3) is 0 Å².